The molecule has 1 aliphatic heterocycles. The van der Waals surface area contributed by atoms with Crippen LogP contribution in [-0.2, 0) is 5.41 Å². The molecule has 0 radical (unpaired) electrons. The van der Waals surface area contributed by atoms with Crippen LogP contribution < -0.4 is 4.74 Å². The standard InChI is InChI=1S/C49H30N2O/c1-3-15-31(16-4-1)50-42-24-12-8-20-35(42)47-43(50)28-27-34-36-30-44-37(33-19-7-11-23-41(33)51(44)32-17-5-2-6-18-32)29-40(36)49(48(34)47)38-21-9-13-25-45(38)52-46-26-14-10-22-39(46)49/h1-30H. The summed E-state index contributed by atoms with van der Waals surface area (Å²) in [7, 11) is 0. The van der Waals surface area contributed by atoms with E-state index in [1.807, 2.05) is 0 Å². The first-order chi connectivity index (χ1) is 25.8. The molecular weight excluding hydrogens is 633 g/mol. The van der Waals surface area contributed by atoms with Crippen LogP contribution in [0.15, 0.2) is 182 Å². The zero-order chi connectivity index (χ0) is 34.0. The number of nitrogens with zero attached hydrogens (tertiary/aromatic N) is 2. The number of fused-ring (bicyclic) bond motifs is 16. The smallest absolute Gasteiger partial charge is 0.132 e. The molecular formula is C49H30N2O. The molecule has 0 bridgehead atoms. The minimum atomic E-state index is -0.634. The summed E-state index contributed by atoms with van der Waals surface area (Å²) >= 11 is 0. The summed E-state index contributed by atoms with van der Waals surface area (Å²) < 4.78 is 11.6. The molecule has 0 amide bonds. The molecule has 242 valence electrons. The van der Waals surface area contributed by atoms with Gasteiger partial charge in [-0.2, -0.15) is 0 Å². The molecule has 8 aromatic carbocycles. The summed E-state index contributed by atoms with van der Waals surface area (Å²) in [5, 5.41) is 5.01. The molecule has 52 heavy (non-hydrogen) atoms. The van der Waals surface area contributed by atoms with Crippen LogP contribution in [0.2, 0.25) is 0 Å². The summed E-state index contributed by atoms with van der Waals surface area (Å²) in [6, 6.07) is 66.3. The summed E-state index contributed by atoms with van der Waals surface area (Å²) in [5.41, 5.74) is 13.9. The van der Waals surface area contributed by atoms with Gasteiger partial charge in [0.1, 0.15) is 11.5 Å². The molecule has 1 aliphatic carbocycles. The van der Waals surface area contributed by atoms with Crippen molar-refractivity contribution in [1.82, 2.24) is 9.13 Å². The Morgan fingerprint density at radius 1 is 0.365 bits per heavy atom. The van der Waals surface area contributed by atoms with Crippen LogP contribution in [0.5, 0.6) is 11.5 Å². The zero-order valence-electron chi connectivity index (χ0n) is 28.1. The fourth-order valence-corrected chi connectivity index (χ4v) is 9.62. The molecule has 0 N–H and O–H groups in total. The van der Waals surface area contributed by atoms with Crippen molar-refractivity contribution in [3.63, 3.8) is 0 Å². The lowest BCUT2D eigenvalue weighted by Crippen LogP contribution is -2.32. The van der Waals surface area contributed by atoms with Crippen molar-refractivity contribution in [2.24, 2.45) is 0 Å². The second-order valence-electron chi connectivity index (χ2n) is 14.0. The number of hydrogen-bond acceptors (Lipinski definition) is 1. The SMILES string of the molecule is c1ccc(-n2c3ccccc3c3cc4c(cc32)-c2ccc3c(c2C42c4ccccc4Oc4ccccc42)c2ccccc2n3-c2ccccc2)cc1. The second-order valence-corrected chi connectivity index (χ2v) is 14.0. The van der Waals surface area contributed by atoms with E-state index in [0.717, 1.165) is 22.9 Å². The Morgan fingerprint density at radius 2 is 0.904 bits per heavy atom. The van der Waals surface area contributed by atoms with E-state index in [1.165, 1.54) is 77.0 Å². The summed E-state index contributed by atoms with van der Waals surface area (Å²) in [4.78, 5) is 0. The minimum Gasteiger partial charge on any atom is -0.457 e. The maximum atomic E-state index is 6.78. The van der Waals surface area contributed by atoms with Crippen molar-refractivity contribution in [3.8, 4) is 34.0 Å². The number of benzene rings is 8. The third kappa shape index (κ3) is 3.40. The molecule has 3 heterocycles. The van der Waals surface area contributed by atoms with Gasteiger partial charge in [0, 0.05) is 44.0 Å². The zero-order valence-corrected chi connectivity index (χ0v) is 28.1. The minimum absolute atomic E-state index is 0.634. The highest BCUT2D eigenvalue weighted by molar-refractivity contribution is 6.17. The molecule has 2 aliphatic rings. The lowest BCUT2D eigenvalue weighted by atomic mass is 9.65. The van der Waals surface area contributed by atoms with E-state index in [0.29, 0.717) is 0 Å². The van der Waals surface area contributed by atoms with Gasteiger partial charge < -0.3 is 13.9 Å². The molecule has 0 saturated carbocycles. The topological polar surface area (TPSA) is 19.1 Å². The third-order valence-electron chi connectivity index (χ3n) is 11.6. The molecule has 2 aromatic heterocycles. The Labute approximate surface area is 300 Å². The molecule has 3 nitrogen and oxygen atoms in total. The summed E-state index contributed by atoms with van der Waals surface area (Å²) in [6.07, 6.45) is 0. The lowest BCUT2D eigenvalue weighted by Gasteiger charge is -2.39. The normalized spacial score (nSPS) is 13.7. The third-order valence-corrected chi connectivity index (χ3v) is 11.6. The van der Waals surface area contributed by atoms with Gasteiger partial charge >= 0.3 is 0 Å². The first-order valence-electron chi connectivity index (χ1n) is 17.9. The van der Waals surface area contributed by atoms with Crippen molar-refractivity contribution in [2.75, 3.05) is 0 Å². The number of aromatic nitrogens is 2. The monoisotopic (exact) mass is 662 g/mol. The van der Waals surface area contributed by atoms with Gasteiger partial charge in [0.25, 0.3) is 0 Å². The average molecular weight is 663 g/mol. The fourth-order valence-electron chi connectivity index (χ4n) is 9.62. The quantitative estimate of drug-likeness (QED) is 0.180. The van der Waals surface area contributed by atoms with Crippen LogP contribution in [0.1, 0.15) is 22.3 Å². The summed E-state index contributed by atoms with van der Waals surface area (Å²) in [6.45, 7) is 0. The van der Waals surface area contributed by atoms with Gasteiger partial charge in [0.05, 0.1) is 27.5 Å². The lowest BCUT2D eigenvalue weighted by molar-refractivity contribution is 0.437. The number of para-hydroxylation sites is 6. The van der Waals surface area contributed by atoms with Crippen LogP contribution in [0, 0.1) is 0 Å². The molecule has 0 saturated heterocycles. The van der Waals surface area contributed by atoms with E-state index in [-0.39, 0.29) is 0 Å². The molecule has 10 aromatic rings. The van der Waals surface area contributed by atoms with E-state index in [9.17, 15) is 0 Å². The first-order valence-corrected chi connectivity index (χ1v) is 17.9. The van der Waals surface area contributed by atoms with Gasteiger partial charge in [-0.3, -0.25) is 0 Å². The molecule has 12 rings (SSSR count). The number of hydrogen-bond donors (Lipinski definition) is 0. The van der Waals surface area contributed by atoms with Gasteiger partial charge in [-0.25, -0.2) is 0 Å². The van der Waals surface area contributed by atoms with Crippen molar-refractivity contribution < 1.29 is 4.74 Å². The number of ether oxygens (including phenoxy) is 1. The van der Waals surface area contributed by atoms with E-state index < -0.39 is 5.41 Å². The Morgan fingerprint density at radius 3 is 1.58 bits per heavy atom. The molecule has 0 fully saturated rings. The van der Waals surface area contributed by atoms with Crippen molar-refractivity contribution in [1.29, 1.82) is 0 Å². The molecule has 0 unspecified atom stereocenters. The predicted octanol–water partition coefficient (Wildman–Crippen LogP) is 12.3. The van der Waals surface area contributed by atoms with Crippen LogP contribution in [0.3, 0.4) is 0 Å². The maximum Gasteiger partial charge on any atom is 0.132 e. The Balaban J connectivity index is 1.33. The predicted molar refractivity (Wildman–Crippen MR) is 212 cm³/mol. The largest absolute Gasteiger partial charge is 0.457 e. The van der Waals surface area contributed by atoms with Crippen molar-refractivity contribution in [3.05, 3.63) is 204 Å². The van der Waals surface area contributed by atoms with E-state index in [2.05, 4.69) is 191 Å². The average Bonchev–Trinajstić information content (AvgIpc) is 3.82. The Kier molecular flexibility index (Phi) is 5.43. The fraction of sp³-hybridized carbons (Fsp3) is 0.0204. The Hall–Kier alpha value is -6.84. The highest BCUT2D eigenvalue weighted by atomic mass is 16.5. The molecule has 0 atom stereocenters. The number of rotatable bonds is 2. The van der Waals surface area contributed by atoms with Crippen LogP contribution in [0.4, 0.5) is 0 Å². The van der Waals surface area contributed by atoms with Gasteiger partial charge in [0.15, 0.2) is 0 Å². The highest BCUT2D eigenvalue weighted by Crippen LogP contribution is 2.64. The van der Waals surface area contributed by atoms with Crippen molar-refractivity contribution in [2.45, 2.75) is 5.41 Å². The van der Waals surface area contributed by atoms with Gasteiger partial charge in [0.2, 0.25) is 0 Å². The maximum absolute atomic E-state index is 6.78. The van der Waals surface area contributed by atoms with E-state index in [1.54, 1.807) is 0 Å². The van der Waals surface area contributed by atoms with E-state index >= 15 is 0 Å². The summed E-state index contributed by atoms with van der Waals surface area (Å²) in [5.74, 6) is 1.80. The van der Waals surface area contributed by atoms with Crippen LogP contribution >= 0.6 is 0 Å². The van der Waals surface area contributed by atoms with Gasteiger partial charge in [-0.15, -0.1) is 0 Å². The van der Waals surface area contributed by atoms with Crippen molar-refractivity contribution >= 4 is 43.6 Å². The first kappa shape index (κ1) is 27.9. The highest BCUT2D eigenvalue weighted by Gasteiger charge is 2.52. The van der Waals surface area contributed by atoms with Gasteiger partial charge in [-0.1, -0.05) is 115 Å². The second kappa shape index (κ2) is 10.1. The van der Waals surface area contributed by atoms with Crippen LogP contribution in [-0.4, -0.2) is 9.13 Å². The molecule has 1 spiro atoms. The molecule has 3 heteroatoms. The van der Waals surface area contributed by atoms with Crippen LogP contribution in [0.25, 0.3) is 66.1 Å². The van der Waals surface area contributed by atoms with E-state index in [4.69, 9.17) is 4.74 Å². The Bertz CT molecular complexity index is 3050. The van der Waals surface area contributed by atoms with Gasteiger partial charge in [-0.05, 0) is 89.0 Å².